The highest BCUT2D eigenvalue weighted by Gasteiger charge is 2.11. The lowest BCUT2D eigenvalue weighted by Gasteiger charge is -2.12. The molecule has 0 spiro atoms. The molecule has 28 heavy (non-hydrogen) atoms. The summed E-state index contributed by atoms with van der Waals surface area (Å²) in [4.78, 5) is 21.9. The van der Waals surface area contributed by atoms with Crippen LogP contribution in [0.25, 0.3) is 0 Å². The van der Waals surface area contributed by atoms with E-state index in [0.717, 1.165) is 17.8 Å². The van der Waals surface area contributed by atoms with Crippen molar-refractivity contribution in [1.82, 2.24) is 5.43 Å². The van der Waals surface area contributed by atoms with Crippen LogP contribution in [0, 0.1) is 17.0 Å². The summed E-state index contributed by atoms with van der Waals surface area (Å²) >= 11 is 5.76. The van der Waals surface area contributed by atoms with E-state index < -0.39 is 22.3 Å². The summed E-state index contributed by atoms with van der Waals surface area (Å²) in [5.41, 5.74) is 3.50. The number of hydrogen-bond acceptors (Lipinski definition) is 6. The van der Waals surface area contributed by atoms with Gasteiger partial charge < -0.3 is 9.84 Å². The minimum atomic E-state index is -0.843. The number of hydrogen-bond donors (Lipinski definition) is 1. The SMILES string of the molecule is Cc1cc(C(C)C)ccc1OCC(=O)N/N=C\c1cc(Cl)cc([N+](=O)[O-])c1[O-]. The minimum absolute atomic E-state index is 0.0164. The minimum Gasteiger partial charge on any atom is -0.867 e. The molecule has 0 aliphatic rings. The van der Waals surface area contributed by atoms with Crippen molar-refractivity contribution in [2.24, 2.45) is 5.10 Å². The Morgan fingerprint density at radius 3 is 2.68 bits per heavy atom. The molecule has 0 aliphatic carbocycles. The molecule has 2 aromatic rings. The zero-order valence-electron chi connectivity index (χ0n) is 15.6. The number of aryl methyl sites for hydroxylation is 1. The highest BCUT2D eigenvalue weighted by molar-refractivity contribution is 6.31. The highest BCUT2D eigenvalue weighted by atomic mass is 35.5. The molecule has 9 heteroatoms. The van der Waals surface area contributed by atoms with Gasteiger partial charge in [0.1, 0.15) is 5.75 Å². The van der Waals surface area contributed by atoms with Gasteiger partial charge >= 0.3 is 0 Å². The maximum atomic E-state index is 11.9. The Kier molecular flexibility index (Phi) is 6.94. The molecule has 2 rings (SSSR count). The van der Waals surface area contributed by atoms with Gasteiger partial charge in [-0.25, -0.2) is 5.43 Å². The number of hydrazone groups is 1. The van der Waals surface area contributed by atoms with Gasteiger partial charge in [-0.2, -0.15) is 5.10 Å². The van der Waals surface area contributed by atoms with Crippen molar-refractivity contribution in [1.29, 1.82) is 0 Å². The Balaban J connectivity index is 1.97. The van der Waals surface area contributed by atoms with Crippen molar-refractivity contribution in [2.45, 2.75) is 26.7 Å². The Labute approximate surface area is 166 Å². The van der Waals surface area contributed by atoms with Crippen molar-refractivity contribution in [3.05, 3.63) is 62.2 Å². The number of carbonyl (C=O) groups excluding carboxylic acids is 1. The molecule has 0 saturated heterocycles. The summed E-state index contributed by atoms with van der Waals surface area (Å²) in [6, 6.07) is 7.92. The van der Waals surface area contributed by atoms with Gasteiger partial charge in [-0.1, -0.05) is 37.6 Å². The van der Waals surface area contributed by atoms with Gasteiger partial charge in [0.15, 0.2) is 6.61 Å². The molecule has 8 nitrogen and oxygen atoms in total. The zero-order chi connectivity index (χ0) is 20.8. The van der Waals surface area contributed by atoms with E-state index in [1.165, 1.54) is 11.6 Å². The first-order valence-corrected chi connectivity index (χ1v) is 8.77. The molecule has 0 radical (unpaired) electrons. The van der Waals surface area contributed by atoms with Gasteiger partial charge in [0.25, 0.3) is 11.6 Å². The topological polar surface area (TPSA) is 117 Å². The number of nitrogens with zero attached hydrogens (tertiary/aromatic N) is 2. The van der Waals surface area contributed by atoms with Crippen molar-refractivity contribution in [3.63, 3.8) is 0 Å². The van der Waals surface area contributed by atoms with Crippen molar-refractivity contribution in [2.75, 3.05) is 6.61 Å². The van der Waals surface area contributed by atoms with Crippen LogP contribution in [-0.4, -0.2) is 23.7 Å². The molecular formula is C19H19ClN3O5-. The number of amides is 1. The smallest absolute Gasteiger partial charge is 0.277 e. The Morgan fingerprint density at radius 2 is 2.07 bits per heavy atom. The summed E-state index contributed by atoms with van der Waals surface area (Å²) in [6.45, 7) is 5.78. The maximum Gasteiger partial charge on any atom is 0.277 e. The first-order chi connectivity index (χ1) is 13.2. The Hall–Kier alpha value is -3.13. The molecule has 2 aromatic carbocycles. The zero-order valence-corrected chi connectivity index (χ0v) is 16.3. The molecule has 0 bridgehead atoms. The molecule has 0 saturated carbocycles. The summed E-state index contributed by atoms with van der Waals surface area (Å²) in [6.07, 6.45) is 1.00. The average molecular weight is 405 g/mol. The third-order valence-corrected chi connectivity index (χ3v) is 4.10. The van der Waals surface area contributed by atoms with E-state index in [2.05, 4.69) is 24.4 Å². The fourth-order valence-electron chi connectivity index (χ4n) is 2.37. The number of nitrogens with one attached hydrogen (secondary N) is 1. The fourth-order valence-corrected chi connectivity index (χ4v) is 2.60. The first kappa shape index (κ1) is 21.2. The molecule has 0 aromatic heterocycles. The predicted octanol–water partition coefficient (Wildman–Crippen LogP) is 3.28. The third-order valence-electron chi connectivity index (χ3n) is 3.88. The number of carbonyl (C=O) groups is 1. The molecule has 0 aliphatic heterocycles. The van der Waals surface area contributed by atoms with Crippen LogP contribution in [0.1, 0.15) is 36.5 Å². The van der Waals surface area contributed by atoms with Gasteiger partial charge in [0, 0.05) is 11.1 Å². The number of halogens is 1. The van der Waals surface area contributed by atoms with Gasteiger partial charge in [0.05, 0.1) is 11.1 Å². The van der Waals surface area contributed by atoms with Crippen LogP contribution in [0.5, 0.6) is 11.5 Å². The van der Waals surface area contributed by atoms with Gasteiger partial charge in [-0.3, -0.25) is 14.9 Å². The highest BCUT2D eigenvalue weighted by Crippen LogP contribution is 2.30. The predicted molar refractivity (Wildman–Crippen MR) is 104 cm³/mol. The van der Waals surface area contributed by atoms with Crippen LogP contribution < -0.4 is 15.3 Å². The molecular weight excluding hydrogens is 386 g/mol. The summed E-state index contributed by atoms with van der Waals surface area (Å²) in [5.74, 6) is -0.425. The summed E-state index contributed by atoms with van der Waals surface area (Å²) in [5, 5.41) is 26.4. The molecule has 1 N–H and O–H groups in total. The quantitative estimate of drug-likeness (QED) is 0.431. The first-order valence-electron chi connectivity index (χ1n) is 8.39. The maximum absolute atomic E-state index is 11.9. The summed E-state index contributed by atoms with van der Waals surface area (Å²) in [7, 11) is 0. The van der Waals surface area contributed by atoms with Crippen LogP contribution in [-0.2, 0) is 4.79 Å². The average Bonchev–Trinajstić information content (AvgIpc) is 2.62. The number of ether oxygens (including phenoxy) is 1. The van der Waals surface area contributed by atoms with Crippen molar-refractivity contribution >= 4 is 29.4 Å². The lowest BCUT2D eigenvalue weighted by atomic mass is 10.0. The molecule has 1 amide bonds. The van der Waals surface area contributed by atoms with E-state index in [0.29, 0.717) is 11.7 Å². The Bertz CT molecular complexity index is 928. The monoisotopic (exact) mass is 404 g/mol. The van der Waals surface area contributed by atoms with Crippen LogP contribution in [0.2, 0.25) is 5.02 Å². The second-order valence-corrected chi connectivity index (χ2v) is 6.80. The van der Waals surface area contributed by atoms with E-state index >= 15 is 0 Å². The van der Waals surface area contributed by atoms with Crippen molar-refractivity contribution in [3.8, 4) is 11.5 Å². The molecule has 148 valence electrons. The van der Waals surface area contributed by atoms with E-state index in [1.54, 1.807) is 6.07 Å². The number of nitro groups is 1. The largest absolute Gasteiger partial charge is 0.867 e. The van der Waals surface area contributed by atoms with Crippen LogP contribution in [0.4, 0.5) is 5.69 Å². The molecule has 0 fully saturated rings. The Morgan fingerprint density at radius 1 is 1.36 bits per heavy atom. The number of benzene rings is 2. The lowest BCUT2D eigenvalue weighted by Crippen LogP contribution is -2.24. The van der Waals surface area contributed by atoms with E-state index in [1.807, 2.05) is 19.1 Å². The standard InChI is InChI=1S/C19H20ClN3O5/c1-11(2)13-4-5-17(12(3)6-13)28-10-18(24)22-21-9-14-7-15(20)8-16(19(14)25)23(26)27/h4-9,11,25H,10H2,1-3H3,(H,22,24)/p-1/b21-9-. The van der Waals surface area contributed by atoms with E-state index in [4.69, 9.17) is 16.3 Å². The molecule has 0 heterocycles. The molecule has 0 unspecified atom stereocenters. The van der Waals surface area contributed by atoms with Crippen molar-refractivity contribution < 1.29 is 19.6 Å². The second-order valence-electron chi connectivity index (χ2n) is 6.36. The van der Waals surface area contributed by atoms with Crippen LogP contribution in [0.15, 0.2) is 35.4 Å². The number of rotatable bonds is 7. The normalized spacial score (nSPS) is 11.0. The van der Waals surface area contributed by atoms with Gasteiger partial charge in [-0.15, -0.1) is 0 Å². The van der Waals surface area contributed by atoms with E-state index in [-0.39, 0.29) is 17.2 Å². The van der Waals surface area contributed by atoms with E-state index in [9.17, 15) is 20.0 Å². The number of nitro benzene ring substituents is 1. The second kappa shape index (κ2) is 9.18. The summed E-state index contributed by atoms with van der Waals surface area (Å²) < 4.78 is 5.47. The molecule has 0 atom stereocenters. The van der Waals surface area contributed by atoms with Gasteiger partial charge in [-0.05, 0) is 47.4 Å². The fraction of sp³-hybridized carbons (Fsp3) is 0.263. The van der Waals surface area contributed by atoms with Crippen LogP contribution >= 0.6 is 11.6 Å². The lowest BCUT2D eigenvalue weighted by molar-refractivity contribution is -0.398. The van der Waals surface area contributed by atoms with Crippen LogP contribution in [0.3, 0.4) is 0 Å². The van der Waals surface area contributed by atoms with Gasteiger partial charge in [0.2, 0.25) is 0 Å². The third kappa shape index (κ3) is 5.43.